The zero-order chi connectivity index (χ0) is 12.3. The van der Waals surface area contributed by atoms with Crippen LogP contribution in [0.25, 0.3) is 0 Å². The van der Waals surface area contributed by atoms with Crippen molar-refractivity contribution in [3.63, 3.8) is 0 Å². The Balaban J connectivity index is 1.93. The van der Waals surface area contributed by atoms with Gasteiger partial charge in [0.05, 0.1) is 6.26 Å². The monoisotopic (exact) mass is 239 g/mol. The Bertz CT molecular complexity index is 284. The van der Waals surface area contributed by atoms with Crippen LogP contribution in [-0.4, -0.2) is 6.61 Å². The van der Waals surface area contributed by atoms with Crippen molar-refractivity contribution in [3.05, 3.63) is 23.7 Å². The minimum absolute atomic E-state index is 0.529. The molecule has 0 spiro atoms. The molecule has 2 N–H and O–H groups in total. The van der Waals surface area contributed by atoms with Crippen molar-refractivity contribution in [2.75, 3.05) is 6.61 Å². The van der Waals surface area contributed by atoms with E-state index < -0.39 is 0 Å². The van der Waals surface area contributed by atoms with Gasteiger partial charge >= 0.3 is 0 Å². The van der Waals surface area contributed by atoms with E-state index >= 15 is 0 Å². The number of hydrogen-bond donors (Lipinski definition) is 1. The van der Waals surface area contributed by atoms with Crippen molar-refractivity contribution in [3.8, 4) is 0 Å². The first kappa shape index (κ1) is 14.3. The maximum Gasteiger partial charge on any atom is 0.129 e. The van der Waals surface area contributed by atoms with Crippen LogP contribution in [0.5, 0.6) is 0 Å². The van der Waals surface area contributed by atoms with E-state index in [0.29, 0.717) is 13.2 Å². The molecule has 3 heteroatoms. The van der Waals surface area contributed by atoms with Gasteiger partial charge in [-0.3, -0.25) is 0 Å². The lowest BCUT2D eigenvalue weighted by Gasteiger charge is -2.02. The van der Waals surface area contributed by atoms with Crippen LogP contribution in [0, 0.1) is 0 Å². The van der Waals surface area contributed by atoms with Crippen LogP contribution >= 0.6 is 0 Å². The lowest BCUT2D eigenvalue weighted by Crippen LogP contribution is -1.95. The topological polar surface area (TPSA) is 48.4 Å². The second-order valence-corrected chi connectivity index (χ2v) is 4.45. The summed E-state index contributed by atoms with van der Waals surface area (Å²) in [6.07, 6.45) is 9.46. The molecule has 0 bridgehead atoms. The van der Waals surface area contributed by atoms with Crippen LogP contribution in [0.4, 0.5) is 0 Å². The Morgan fingerprint density at radius 2 is 1.94 bits per heavy atom. The van der Waals surface area contributed by atoms with Crippen molar-refractivity contribution >= 4 is 0 Å². The van der Waals surface area contributed by atoms with Crippen LogP contribution in [-0.2, 0) is 17.9 Å². The van der Waals surface area contributed by atoms with E-state index in [9.17, 15) is 0 Å². The molecule has 1 aromatic rings. The van der Waals surface area contributed by atoms with Gasteiger partial charge in [-0.2, -0.15) is 0 Å². The highest BCUT2D eigenvalue weighted by Crippen LogP contribution is 2.09. The lowest BCUT2D eigenvalue weighted by atomic mass is 10.1. The quantitative estimate of drug-likeness (QED) is 0.634. The Hall–Kier alpha value is -0.800. The van der Waals surface area contributed by atoms with E-state index in [1.54, 1.807) is 6.26 Å². The molecule has 0 saturated carbocycles. The second-order valence-electron chi connectivity index (χ2n) is 4.45. The molecule has 0 aliphatic carbocycles. The SMILES string of the molecule is CCCCCCCCOCc1cc(CN)co1. The van der Waals surface area contributed by atoms with Gasteiger partial charge in [0.1, 0.15) is 12.4 Å². The van der Waals surface area contributed by atoms with Gasteiger partial charge in [-0.1, -0.05) is 39.0 Å². The number of nitrogens with two attached hydrogens (primary N) is 1. The summed E-state index contributed by atoms with van der Waals surface area (Å²) in [7, 11) is 0. The van der Waals surface area contributed by atoms with Crippen LogP contribution in [0.3, 0.4) is 0 Å². The summed E-state index contributed by atoms with van der Waals surface area (Å²) < 4.78 is 10.9. The highest BCUT2D eigenvalue weighted by atomic mass is 16.5. The normalized spacial score (nSPS) is 10.9. The fraction of sp³-hybridized carbons (Fsp3) is 0.714. The molecule has 0 aliphatic rings. The van der Waals surface area contributed by atoms with E-state index in [4.69, 9.17) is 14.9 Å². The summed E-state index contributed by atoms with van der Waals surface area (Å²) in [5.41, 5.74) is 6.53. The first-order chi connectivity index (χ1) is 8.36. The number of unbranched alkanes of at least 4 members (excludes halogenated alkanes) is 5. The molecule has 1 rings (SSSR count). The predicted molar refractivity (Wildman–Crippen MR) is 69.6 cm³/mol. The maximum absolute atomic E-state index is 5.55. The average molecular weight is 239 g/mol. The standard InChI is InChI=1S/C14H25NO2/c1-2-3-4-5-6-7-8-16-12-14-9-13(10-15)11-17-14/h9,11H,2-8,10,12,15H2,1H3. The minimum Gasteiger partial charge on any atom is -0.467 e. The molecule has 3 nitrogen and oxygen atoms in total. The Morgan fingerprint density at radius 3 is 2.65 bits per heavy atom. The summed E-state index contributed by atoms with van der Waals surface area (Å²) in [4.78, 5) is 0. The van der Waals surface area contributed by atoms with Gasteiger partial charge in [0.2, 0.25) is 0 Å². The fourth-order valence-corrected chi connectivity index (χ4v) is 1.77. The third-order valence-corrected chi connectivity index (χ3v) is 2.83. The number of rotatable bonds is 10. The molecule has 0 radical (unpaired) electrons. The number of hydrogen-bond acceptors (Lipinski definition) is 3. The first-order valence-corrected chi connectivity index (χ1v) is 6.71. The molecule has 17 heavy (non-hydrogen) atoms. The summed E-state index contributed by atoms with van der Waals surface area (Å²) in [6.45, 7) is 4.16. The zero-order valence-electron chi connectivity index (χ0n) is 10.9. The third kappa shape index (κ3) is 6.49. The van der Waals surface area contributed by atoms with Gasteiger partial charge < -0.3 is 14.9 Å². The van der Waals surface area contributed by atoms with Crippen LogP contribution in [0.2, 0.25) is 0 Å². The second kappa shape index (κ2) is 9.25. The van der Waals surface area contributed by atoms with Crippen LogP contribution in [0.15, 0.2) is 16.7 Å². The average Bonchev–Trinajstić information content (AvgIpc) is 2.80. The predicted octanol–water partition coefficient (Wildman–Crippen LogP) is 3.62. The Kier molecular flexibility index (Phi) is 7.76. The van der Waals surface area contributed by atoms with Gasteiger partial charge in [0.25, 0.3) is 0 Å². The van der Waals surface area contributed by atoms with Crippen LogP contribution < -0.4 is 5.73 Å². The molecule has 1 heterocycles. The highest BCUT2D eigenvalue weighted by Gasteiger charge is 2.00. The fourth-order valence-electron chi connectivity index (χ4n) is 1.77. The van der Waals surface area contributed by atoms with Crippen molar-refractivity contribution in [1.82, 2.24) is 0 Å². The molecule has 0 aromatic carbocycles. The third-order valence-electron chi connectivity index (χ3n) is 2.83. The van der Waals surface area contributed by atoms with E-state index in [0.717, 1.165) is 24.4 Å². The van der Waals surface area contributed by atoms with Gasteiger partial charge in [0.15, 0.2) is 0 Å². The minimum atomic E-state index is 0.529. The number of ether oxygens (including phenoxy) is 1. The molecule has 1 aromatic heterocycles. The molecular weight excluding hydrogens is 214 g/mol. The largest absolute Gasteiger partial charge is 0.467 e. The summed E-state index contributed by atoms with van der Waals surface area (Å²) in [6, 6.07) is 1.96. The van der Waals surface area contributed by atoms with E-state index in [2.05, 4.69) is 6.92 Å². The smallest absolute Gasteiger partial charge is 0.129 e. The summed E-state index contributed by atoms with van der Waals surface area (Å²) in [5.74, 6) is 0.872. The lowest BCUT2D eigenvalue weighted by molar-refractivity contribution is 0.102. The molecule has 0 atom stereocenters. The Morgan fingerprint density at radius 1 is 1.18 bits per heavy atom. The van der Waals surface area contributed by atoms with Crippen LogP contribution in [0.1, 0.15) is 56.8 Å². The Labute approximate surface area is 104 Å². The highest BCUT2D eigenvalue weighted by molar-refractivity contribution is 5.11. The molecule has 0 fully saturated rings. The van der Waals surface area contributed by atoms with Gasteiger partial charge in [0, 0.05) is 18.7 Å². The first-order valence-electron chi connectivity index (χ1n) is 6.71. The van der Waals surface area contributed by atoms with Gasteiger partial charge in [-0.15, -0.1) is 0 Å². The van der Waals surface area contributed by atoms with Gasteiger partial charge in [-0.05, 0) is 12.5 Å². The molecule has 0 aliphatic heterocycles. The van der Waals surface area contributed by atoms with Crippen molar-refractivity contribution < 1.29 is 9.15 Å². The van der Waals surface area contributed by atoms with E-state index in [1.807, 2.05) is 6.07 Å². The zero-order valence-corrected chi connectivity index (χ0v) is 10.9. The maximum atomic E-state index is 5.55. The van der Waals surface area contributed by atoms with Crippen molar-refractivity contribution in [2.45, 2.75) is 58.6 Å². The molecule has 0 unspecified atom stereocenters. The summed E-state index contributed by atoms with van der Waals surface area (Å²) in [5, 5.41) is 0. The van der Waals surface area contributed by atoms with Crippen molar-refractivity contribution in [1.29, 1.82) is 0 Å². The van der Waals surface area contributed by atoms with E-state index in [1.165, 1.54) is 32.1 Å². The van der Waals surface area contributed by atoms with Crippen molar-refractivity contribution in [2.24, 2.45) is 5.73 Å². The van der Waals surface area contributed by atoms with E-state index in [-0.39, 0.29) is 0 Å². The number of furan rings is 1. The molecule has 98 valence electrons. The molecular formula is C14H25NO2. The summed E-state index contributed by atoms with van der Waals surface area (Å²) >= 11 is 0. The molecule has 0 saturated heterocycles. The molecule has 0 amide bonds. The van der Waals surface area contributed by atoms with Gasteiger partial charge in [-0.25, -0.2) is 0 Å².